The third-order valence-corrected chi connectivity index (χ3v) is 4.85. The molecule has 0 aromatic carbocycles. The summed E-state index contributed by atoms with van der Waals surface area (Å²) in [6.45, 7) is 0.979. The van der Waals surface area contributed by atoms with Crippen LogP contribution in [0.1, 0.15) is 54.6 Å². The molecule has 0 radical (unpaired) electrons. The van der Waals surface area contributed by atoms with Crippen LogP contribution in [0.4, 0.5) is 0 Å². The average molecular weight is 308 g/mol. The van der Waals surface area contributed by atoms with Crippen molar-refractivity contribution in [2.45, 2.75) is 44.9 Å². The quantitative estimate of drug-likeness (QED) is 0.761. The molecule has 4 nitrogen and oxygen atoms in total. The number of nitrogens with one attached hydrogen (secondary N) is 2. The maximum atomic E-state index is 11.7. The first kappa shape index (κ1) is 16.0. The van der Waals surface area contributed by atoms with E-state index in [0.29, 0.717) is 24.4 Å². The van der Waals surface area contributed by atoms with Gasteiger partial charge in [-0.1, -0.05) is 38.2 Å². The minimum Gasteiger partial charge on any atom is -0.354 e. The van der Waals surface area contributed by atoms with E-state index in [0.717, 1.165) is 12.3 Å². The number of hydrogen-bond acceptors (Lipinski definition) is 3. The highest BCUT2D eigenvalue weighted by atomic mass is 32.1. The second-order valence-corrected chi connectivity index (χ2v) is 6.57. The van der Waals surface area contributed by atoms with Crippen LogP contribution in [-0.2, 0) is 4.79 Å². The van der Waals surface area contributed by atoms with E-state index in [1.54, 1.807) is 6.07 Å². The Morgan fingerprint density at radius 1 is 1.14 bits per heavy atom. The molecule has 0 unspecified atom stereocenters. The predicted octanol–water partition coefficient (Wildman–Crippen LogP) is 2.95. The van der Waals surface area contributed by atoms with E-state index < -0.39 is 0 Å². The molecule has 0 bridgehead atoms. The summed E-state index contributed by atoms with van der Waals surface area (Å²) in [6.07, 6.45) is 8.18. The molecule has 1 aromatic heterocycles. The van der Waals surface area contributed by atoms with Gasteiger partial charge >= 0.3 is 0 Å². The van der Waals surface area contributed by atoms with Crippen molar-refractivity contribution in [3.8, 4) is 0 Å². The van der Waals surface area contributed by atoms with Gasteiger partial charge in [-0.05, 0) is 23.8 Å². The van der Waals surface area contributed by atoms with Gasteiger partial charge in [-0.3, -0.25) is 9.59 Å². The van der Waals surface area contributed by atoms with Crippen molar-refractivity contribution in [3.05, 3.63) is 22.4 Å². The fourth-order valence-electron chi connectivity index (χ4n) is 2.77. The SMILES string of the molecule is O=C(CCC1CCCCC1)NCCNC(=O)c1cccs1. The highest BCUT2D eigenvalue weighted by Crippen LogP contribution is 2.27. The maximum Gasteiger partial charge on any atom is 0.261 e. The van der Waals surface area contributed by atoms with Gasteiger partial charge in [0.05, 0.1) is 4.88 Å². The van der Waals surface area contributed by atoms with Crippen LogP contribution in [0.3, 0.4) is 0 Å². The van der Waals surface area contributed by atoms with E-state index in [1.165, 1.54) is 43.4 Å². The first-order valence-electron chi connectivity index (χ1n) is 7.84. The number of amides is 2. The summed E-state index contributed by atoms with van der Waals surface area (Å²) in [5.41, 5.74) is 0. The van der Waals surface area contributed by atoms with Crippen molar-refractivity contribution in [2.24, 2.45) is 5.92 Å². The van der Waals surface area contributed by atoms with Gasteiger partial charge in [0, 0.05) is 19.5 Å². The van der Waals surface area contributed by atoms with E-state index in [4.69, 9.17) is 0 Å². The Hall–Kier alpha value is -1.36. The molecule has 1 aliphatic carbocycles. The van der Waals surface area contributed by atoms with Gasteiger partial charge in [-0.15, -0.1) is 11.3 Å². The van der Waals surface area contributed by atoms with Crippen LogP contribution in [0.5, 0.6) is 0 Å². The normalized spacial score (nSPS) is 15.6. The van der Waals surface area contributed by atoms with Gasteiger partial charge in [-0.25, -0.2) is 0 Å². The summed E-state index contributed by atoms with van der Waals surface area (Å²) in [5.74, 6) is 0.774. The van der Waals surface area contributed by atoms with E-state index in [1.807, 2.05) is 11.4 Å². The molecule has 2 amide bonds. The van der Waals surface area contributed by atoms with Gasteiger partial charge in [0.1, 0.15) is 0 Å². The lowest BCUT2D eigenvalue weighted by atomic mass is 9.86. The summed E-state index contributed by atoms with van der Waals surface area (Å²) < 4.78 is 0. The van der Waals surface area contributed by atoms with Crippen molar-refractivity contribution < 1.29 is 9.59 Å². The van der Waals surface area contributed by atoms with Crippen LogP contribution in [0, 0.1) is 5.92 Å². The Kier molecular flexibility index (Phi) is 6.73. The van der Waals surface area contributed by atoms with E-state index in [9.17, 15) is 9.59 Å². The van der Waals surface area contributed by atoms with Crippen LogP contribution in [-0.4, -0.2) is 24.9 Å². The first-order valence-corrected chi connectivity index (χ1v) is 8.72. The molecule has 2 N–H and O–H groups in total. The lowest BCUT2D eigenvalue weighted by Gasteiger charge is -2.20. The lowest BCUT2D eigenvalue weighted by Crippen LogP contribution is -2.34. The molecule has 1 aromatic rings. The highest BCUT2D eigenvalue weighted by molar-refractivity contribution is 7.12. The average Bonchev–Trinajstić information content (AvgIpc) is 3.05. The zero-order valence-corrected chi connectivity index (χ0v) is 13.2. The second-order valence-electron chi connectivity index (χ2n) is 5.63. The molecular weight excluding hydrogens is 284 g/mol. The van der Waals surface area contributed by atoms with Gasteiger partial charge in [0.25, 0.3) is 5.91 Å². The summed E-state index contributed by atoms with van der Waals surface area (Å²) in [5, 5.41) is 7.55. The molecule has 2 rings (SSSR count). The van der Waals surface area contributed by atoms with Crippen LogP contribution >= 0.6 is 11.3 Å². The molecule has 116 valence electrons. The fraction of sp³-hybridized carbons (Fsp3) is 0.625. The molecule has 0 aliphatic heterocycles. The zero-order valence-electron chi connectivity index (χ0n) is 12.4. The summed E-state index contributed by atoms with van der Waals surface area (Å²) in [7, 11) is 0. The van der Waals surface area contributed by atoms with Crippen molar-refractivity contribution >= 4 is 23.2 Å². The van der Waals surface area contributed by atoms with E-state index in [-0.39, 0.29) is 11.8 Å². The largest absolute Gasteiger partial charge is 0.354 e. The molecule has 21 heavy (non-hydrogen) atoms. The molecule has 0 saturated heterocycles. The Labute approximate surface area is 130 Å². The van der Waals surface area contributed by atoms with E-state index >= 15 is 0 Å². The minimum atomic E-state index is -0.0681. The summed E-state index contributed by atoms with van der Waals surface area (Å²) >= 11 is 1.42. The number of rotatable bonds is 7. The standard InChI is InChI=1S/C16H24N2O2S/c19-15(9-8-13-5-2-1-3-6-13)17-10-11-18-16(20)14-7-4-12-21-14/h4,7,12-13H,1-3,5-6,8-11H2,(H,17,19)(H,18,20). The van der Waals surface area contributed by atoms with Gasteiger partial charge in [0.15, 0.2) is 0 Å². The molecule has 1 fully saturated rings. The third kappa shape index (κ3) is 5.87. The highest BCUT2D eigenvalue weighted by Gasteiger charge is 2.14. The molecule has 0 spiro atoms. The Morgan fingerprint density at radius 3 is 2.62 bits per heavy atom. The Morgan fingerprint density at radius 2 is 1.90 bits per heavy atom. The smallest absolute Gasteiger partial charge is 0.261 e. The topological polar surface area (TPSA) is 58.2 Å². The molecule has 1 heterocycles. The summed E-state index contributed by atoms with van der Waals surface area (Å²) in [4.78, 5) is 24.1. The van der Waals surface area contributed by atoms with Crippen molar-refractivity contribution in [1.29, 1.82) is 0 Å². The second kappa shape index (κ2) is 8.82. The third-order valence-electron chi connectivity index (χ3n) is 3.98. The van der Waals surface area contributed by atoms with Crippen LogP contribution in [0.2, 0.25) is 0 Å². The van der Waals surface area contributed by atoms with Crippen molar-refractivity contribution in [1.82, 2.24) is 10.6 Å². The zero-order chi connectivity index (χ0) is 14.9. The van der Waals surface area contributed by atoms with Crippen LogP contribution < -0.4 is 10.6 Å². The number of carbonyl (C=O) groups is 2. The van der Waals surface area contributed by atoms with Crippen LogP contribution in [0.25, 0.3) is 0 Å². The molecule has 0 atom stereocenters. The van der Waals surface area contributed by atoms with E-state index in [2.05, 4.69) is 10.6 Å². The van der Waals surface area contributed by atoms with Crippen molar-refractivity contribution in [2.75, 3.05) is 13.1 Å². The lowest BCUT2D eigenvalue weighted by molar-refractivity contribution is -0.121. The first-order chi connectivity index (χ1) is 10.3. The van der Waals surface area contributed by atoms with Gasteiger partial charge in [-0.2, -0.15) is 0 Å². The number of carbonyl (C=O) groups excluding carboxylic acids is 2. The Balaban J connectivity index is 1.52. The Bertz CT molecular complexity index is 439. The minimum absolute atomic E-state index is 0.0681. The van der Waals surface area contributed by atoms with Gasteiger partial charge < -0.3 is 10.6 Å². The molecule has 5 heteroatoms. The van der Waals surface area contributed by atoms with Crippen molar-refractivity contribution in [3.63, 3.8) is 0 Å². The fourth-order valence-corrected chi connectivity index (χ4v) is 3.41. The van der Waals surface area contributed by atoms with Gasteiger partial charge in [0.2, 0.25) is 5.91 Å². The molecule has 1 saturated carbocycles. The number of hydrogen-bond donors (Lipinski definition) is 2. The molecule has 1 aliphatic rings. The van der Waals surface area contributed by atoms with Crippen LogP contribution in [0.15, 0.2) is 17.5 Å². The monoisotopic (exact) mass is 308 g/mol. The summed E-state index contributed by atoms with van der Waals surface area (Å²) in [6, 6.07) is 3.65. The number of thiophene rings is 1. The maximum absolute atomic E-state index is 11.7. The molecular formula is C16H24N2O2S. The predicted molar refractivity (Wildman–Crippen MR) is 85.5 cm³/mol.